The fraction of sp³-hybridized carbons (Fsp3) is 0.438. The van der Waals surface area contributed by atoms with Gasteiger partial charge in [-0.3, -0.25) is 15.2 Å². The summed E-state index contributed by atoms with van der Waals surface area (Å²) in [6.45, 7) is 2.21. The van der Waals surface area contributed by atoms with Gasteiger partial charge >= 0.3 is 0 Å². The van der Waals surface area contributed by atoms with E-state index in [2.05, 4.69) is 17.1 Å². The maximum atomic E-state index is 10.6. The van der Waals surface area contributed by atoms with Crippen molar-refractivity contribution in [2.45, 2.75) is 45.4 Å². The number of benzene rings is 1. The van der Waals surface area contributed by atoms with Gasteiger partial charge in [-0.05, 0) is 31.0 Å². The molecule has 21 heavy (non-hydrogen) atoms. The number of hydrogen-bond donors (Lipinski definition) is 1. The van der Waals surface area contributed by atoms with Crippen LogP contribution in [0.2, 0.25) is 0 Å². The molecular formula is C16H21N3O2. The fourth-order valence-corrected chi connectivity index (χ4v) is 2.31. The summed E-state index contributed by atoms with van der Waals surface area (Å²) in [5, 5.41) is 18.0. The average molecular weight is 287 g/mol. The normalized spacial score (nSPS) is 10.7. The Morgan fingerprint density at radius 1 is 1.14 bits per heavy atom. The molecule has 112 valence electrons. The van der Waals surface area contributed by atoms with E-state index in [1.54, 1.807) is 12.1 Å². The van der Waals surface area contributed by atoms with Gasteiger partial charge in [-0.25, -0.2) is 0 Å². The Bertz CT molecular complexity index is 575. The van der Waals surface area contributed by atoms with Crippen LogP contribution in [-0.2, 0) is 6.42 Å². The molecule has 1 aromatic heterocycles. The van der Waals surface area contributed by atoms with Crippen molar-refractivity contribution in [3.8, 4) is 11.3 Å². The number of hydrogen-bond acceptors (Lipinski definition) is 3. The van der Waals surface area contributed by atoms with Gasteiger partial charge in [-0.15, -0.1) is 0 Å². The first kappa shape index (κ1) is 15.2. The summed E-state index contributed by atoms with van der Waals surface area (Å²) in [6.07, 6.45) is 7.27. The minimum absolute atomic E-state index is 0.102. The van der Waals surface area contributed by atoms with Gasteiger partial charge in [0, 0.05) is 23.4 Å². The molecule has 1 heterocycles. The van der Waals surface area contributed by atoms with Crippen molar-refractivity contribution < 1.29 is 4.92 Å². The zero-order chi connectivity index (χ0) is 15.1. The number of nitro benzene ring substituents is 1. The number of aromatic nitrogens is 2. The highest BCUT2D eigenvalue weighted by Crippen LogP contribution is 2.21. The molecule has 1 N–H and O–H groups in total. The van der Waals surface area contributed by atoms with E-state index in [4.69, 9.17) is 0 Å². The van der Waals surface area contributed by atoms with Crippen molar-refractivity contribution in [1.29, 1.82) is 0 Å². The van der Waals surface area contributed by atoms with Crippen LogP contribution in [0.4, 0.5) is 5.69 Å². The third kappa shape index (κ3) is 4.41. The highest BCUT2D eigenvalue weighted by atomic mass is 16.6. The Balaban J connectivity index is 1.91. The standard InChI is InChI=1S/C16H21N3O2/c1-2-3-4-5-6-7-14-12-16(18-17-14)13-8-10-15(11-9-13)19(20)21/h8-12H,2-7H2,1H3,(H,17,18). The molecule has 0 radical (unpaired) electrons. The first-order valence-electron chi connectivity index (χ1n) is 7.50. The SMILES string of the molecule is CCCCCCCc1cc(-c2ccc([N+](=O)[O-])cc2)n[nH]1. The number of H-pyrrole nitrogens is 1. The van der Waals surface area contributed by atoms with Gasteiger partial charge < -0.3 is 0 Å². The third-order valence-electron chi connectivity index (χ3n) is 3.55. The van der Waals surface area contributed by atoms with Crippen molar-refractivity contribution in [2.24, 2.45) is 0 Å². The van der Waals surface area contributed by atoms with E-state index in [1.807, 2.05) is 6.07 Å². The van der Waals surface area contributed by atoms with E-state index in [-0.39, 0.29) is 5.69 Å². The summed E-state index contributed by atoms with van der Waals surface area (Å²) in [5.41, 5.74) is 2.97. The quantitative estimate of drug-likeness (QED) is 0.441. The fourth-order valence-electron chi connectivity index (χ4n) is 2.31. The molecule has 0 saturated heterocycles. The highest BCUT2D eigenvalue weighted by Gasteiger charge is 2.07. The van der Waals surface area contributed by atoms with Crippen molar-refractivity contribution in [3.05, 3.63) is 46.1 Å². The molecule has 0 bridgehead atoms. The van der Waals surface area contributed by atoms with Crippen LogP contribution in [0.5, 0.6) is 0 Å². The second-order valence-electron chi connectivity index (χ2n) is 5.25. The van der Waals surface area contributed by atoms with Crippen LogP contribution in [0.25, 0.3) is 11.3 Å². The van der Waals surface area contributed by atoms with Crippen LogP contribution in [0, 0.1) is 10.1 Å². The molecule has 0 unspecified atom stereocenters. The largest absolute Gasteiger partial charge is 0.282 e. The second kappa shape index (κ2) is 7.57. The van der Waals surface area contributed by atoms with Gasteiger partial charge in [0.2, 0.25) is 0 Å². The predicted octanol–water partition coefficient (Wildman–Crippen LogP) is 4.50. The average Bonchev–Trinajstić information content (AvgIpc) is 2.96. The zero-order valence-electron chi connectivity index (χ0n) is 12.3. The van der Waals surface area contributed by atoms with Crippen LogP contribution in [0.15, 0.2) is 30.3 Å². The van der Waals surface area contributed by atoms with E-state index < -0.39 is 4.92 Å². The molecular weight excluding hydrogens is 266 g/mol. The molecule has 0 spiro atoms. The summed E-state index contributed by atoms with van der Waals surface area (Å²) >= 11 is 0. The number of non-ortho nitro benzene ring substituents is 1. The second-order valence-corrected chi connectivity index (χ2v) is 5.25. The Hall–Kier alpha value is -2.17. The molecule has 0 aliphatic heterocycles. The molecule has 0 atom stereocenters. The summed E-state index contributed by atoms with van der Waals surface area (Å²) in [6, 6.07) is 8.52. The number of rotatable bonds is 8. The third-order valence-corrected chi connectivity index (χ3v) is 3.55. The molecule has 2 aromatic rings. The van der Waals surface area contributed by atoms with Crippen molar-refractivity contribution in [3.63, 3.8) is 0 Å². The molecule has 2 rings (SSSR count). The Morgan fingerprint density at radius 2 is 1.86 bits per heavy atom. The van der Waals surface area contributed by atoms with Crippen LogP contribution >= 0.6 is 0 Å². The number of aromatic amines is 1. The maximum absolute atomic E-state index is 10.6. The van der Waals surface area contributed by atoms with Gasteiger partial charge in [0.1, 0.15) is 0 Å². The monoisotopic (exact) mass is 287 g/mol. The Kier molecular flexibility index (Phi) is 5.49. The van der Waals surface area contributed by atoms with E-state index in [0.717, 1.165) is 23.4 Å². The maximum Gasteiger partial charge on any atom is 0.269 e. The predicted molar refractivity (Wildman–Crippen MR) is 83.1 cm³/mol. The summed E-state index contributed by atoms with van der Waals surface area (Å²) in [4.78, 5) is 10.2. The topological polar surface area (TPSA) is 71.8 Å². The molecule has 0 aliphatic rings. The van der Waals surface area contributed by atoms with E-state index >= 15 is 0 Å². The molecule has 1 aromatic carbocycles. The lowest BCUT2D eigenvalue weighted by atomic mass is 10.1. The summed E-state index contributed by atoms with van der Waals surface area (Å²) < 4.78 is 0. The van der Waals surface area contributed by atoms with Crippen LogP contribution in [0.3, 0.4) is 0 Å². The van der Waals surface area contributed by atoms with Gasteiger partial charge in [-0.2, -0.15) is 5.10 Å². The number of unbranched alkanes of at least 4 members (excludes halogenated alkanes) is 4. The first-order chi connectivity index (χ1) is 10.2. The number of nitrogens with one attached hydrogen (secondary N) is 1. The van der Waals surface area contributed by atoms with Crippen LogP contribution in [-0.4, -0.2) is 15.1 Å². The number of nitrogens with zero attached hydrogens (tertiary/aromatic N) is 2. The number of nitro groups is 1. The minimum atomic E-state index is -0.393. The van der Waals surface area contributed by atoms with E-state index in [0.29, 0.717) is 0 Å². The van der Waals surface area contributed by atoms with Gasteiger partial charge in [0.25, 0.3) is 5.69 Å². The molecule has 0 saturated carbocycles. The molecule has 5 nitrogen and oxygen atoms in total. The zero-order valence-corrected chi connectivity index (χ0v) is 12.3. The molecule has 5 heteroatoms. The van der Waals surface area contributed by atoms with Crippen molar-refractivity contribution in [2.75, 3.05) is 0 Å². The van der Waals surface area contributed by atoms with Gasteiger partial charge in [0.15, 0.2) is 0 Å². The van der Waals surface area contributed by atoms with Crippen molar-refractivity contribution in [1.82, 2.24) is 10.2 Å². The molecule has 0 amide bonds. The summed E-state index contributed by atoms with van der Waals surface area (Å²) in [5.74, 6) is 0. The first-order valence-corrected chi connectivity index (χ1v) is 7.50. The Labute approximate surface area is 124 Å². The minimum Gasteiger partial charge on any atom is -0.282 e. The number of aryl methyl sites for hydroxylation is 1. The van der Waals surface area contributed by atoms with Gasteiger partial charge in [-0.1, -0.05) is 32.6 Å². The molecule has 0 fully saturated rings. The lowest BCUT2D eigenvalue weighted by molar-refractivity contribution is -0.384. The van der Waals surface area contributed by atoms with E-state index in [9.17, 15) is 10.1 Å². The highest BCUT2D eigenvalue weighted by molar-refractivity contribution is 5.61. The summed E-state index contributed by atoms with van der Waals surface area (Å²) in [7, 11) is 0. The smallest absolute Gasteiger partial charge is 0.269 e. The lowest BCUT2D eigenvalue weighted by Gasteiger charge is -1.98. The Morgan fingerprint density at radius 3 is 2.52 bits per heavy atom. The van der Waals surface area contributed by atoms with Crippen molar-refractivity contribution >= 4 is 5.69 Å². The van der Waals surface area contributed by atoms with Gasteiger partial charge in [0.05, 0.1) is 10.6 Å². The van der Waals surface area contributed by atoms with Crippen LogP contribution < -0.4 is 0 Å². The van der Waals surface area contributed by atoms with E-state index in [1.165, 1.54) is 44.2 Å². The lowest BCUT2D eigenvalue weighted by Crippen LogP contribution is -1.87. The van der Waals surface area contributed by atoms with Crippen LogP contribution in [0.1, 0.15) is 44.7 Å². The molecule has 0 aliphatic carbocycles.